The van der Waals surface area contributed by atoms with Crippen LogP contribution in [0.15, 0.2) is 6.20 Å². The van der Waals surface area contributed by atoms with Gasteiger partial charge in [0.25, 0.3) is 0 Å². The average molecular weight is 260 g/mol. The van der Waals surface area contributed by atoms with Crippen molar-refractivity contribution in [2.45, 2.75) is 33.4 Å². The van der Waals surface area contributed by atoms with Crippen LogP contribution >= 0.6 is 0 Å². The zero-order valence-corrected chi connectivity index (χ0v) is 11.3. The lowest BCUT2D eigenvalue weighted by atomic mass is 10.3. The van der Waals surface area contributed by atoms with Gasteiger partial charge in [0.15, 0.2) is 0 Å². The van der Waals surface area contributed by atoms with Crippen molar-refractivity contribution in [3.8, 4) is 0 Å². The molecule has 6 nitrogen and oxygen atoms in total. The Labute approximate surface area is 102 Å². The van der Waals surface area contributed by atoms with Gasteiger partial charge in [0, 0.05) is 30.4 Å². The Morgan fingerprint density at radius 1 is 1.47 bits per heavy atom. The summed E-state index contributed by atoms with van der Waals surface area (Å²) in [5.41, 5.74) is 1.75. The van der Waals surface area contributed by atoms with Crippen LogP contribution in [-0.4, -0.2) is 37.0 Å². The van der Waals surface area contributed by atoms with Gasteiger partial charge >= 0.3 is 0 Å². The van der Waals surface area contributed by atoms with E-state index in [-0.39, 0.29) is 12.3 Å². The van der Waals surface area contributed by atoms with E-state index in [4.69, 9.17) is 0 Å². The largest absolute Gasteiger partial charge is 0.313 e. The van der Waals surface area contributed by atoms with E-state index in [0.717, 1.165) is 11.3 Å². The van der Waals surface area contributed by atoms with Gasteiger partial charge in [-0.1, -0.05) is 13.8 Å². The second kappa shape index (κ2) is 6.13. The lowest BCUT2D eigenvalue weighted by Crippen LogP contribution is -2.34. The molecule has 0 aliphatic rings. The van der Waals surface area contributed by atoms with Crippen LogP contribution in [-0.2, 0) is 16.6 Å². The minimum atomic E-state index is -3.22. The summed E-state index contributed by atoms with van der Waals surface area (Å²) >= 11 is 0. The summed E-state index contributed by atoms with van der Waals surface area (Å²) in [6, 6.07) is 0.293. The smallest absolute Gasteiger partial charge is 0.213 e. The highest BCUT2D eigenvalue weighted by Crippen LogP contribution is 2.02. The van der Waals surface area contributed by atoms with Crippen molar-refractivity contribution in [2.75, 3.05) is 12.3 Å². The number of aryl methyl sites for hydroxylation is 1. The Morgan fingerprint density at radius 3 is 2.71 bits per heavy atom. The van der Waals surface area contributed by atoms with E-state index in [1.54, 1.807) is 6.20 Å². The molecule has 0 aromatic carbocycles. The predicted octanol–water partition coefficient (Wildman–Crippen LogP) is 0.136. The second-order valence-electron chi connectivity index (χ2n) is 4.27. The maximum atomic E-state index is 11.6. The normalized spacial score (nSPS) is 12.2. The molecule has 7 heteroatoms. The van der Waals surface area contributed by atoms with Crippen molar-refractivity contribution in [2.24, 2.45) is 0 Å². The fraction of sp³-hybridized carbons (Fsp3) is 0.700. The average Bonchev–Trinajstić information content (AvgIpc) is 2.60. The molecule has 0 saturated heterocycles. The van der Waals surface area contributed by atoms with Crippen molar-refractivity contribution in [1.29, 1.82) is 0 Å². The lowest BCUT2D eigenvalue weighted by molar-refractivity contribution is 0.566. The van der Waals surface area contributed by atoms with Crippen LogP contribution < -0.4 is 10.0 Å². The third kappa shape index (κ3) is 5.29. The first-order valence-corrected chi connectivity index (χ1v) is 7.25. The van der Waals surface area contributed by atoms with Crippen molar-refractivity contribution < 1.29 is 8.42 Å². The molecule has 0 spiro atoms. The number of nitrogens with one attached hydrogen (secondary N) is 3. The van der Waals surface area contributed by atoms with Gasteiger partial charge in [-0.3, -0.25) is 5.10 Å². The third-order valence-electron chi connectivity index (χ3n) is 2.34. The maximum Gasteiger partial charge on any atom is 0.213 e. The highest BCUT2D eigenvalue weighted by Gasteiger charge is 2.11. The summed E-state index contributed by atoms with van der Waals surface area (Å²) in [7, 11) is -3.22. The Morgan fingerprint density at radius 2 is 2.18 bits per heavy atom. The van der Waals surface area contributed by atoms with E-state index < -0.39 is 10.0 Å². The van der Waals surface area contributed by atoms with E-state index in [9.17, 15) is 8.42 Å². The van der Waals surface area contributed by atoms with Crippen LogP contribution in [0, 0.1) is 6.92 Å². The topological polar surface area (TPSA) is 86.9 Å². The molecule has 1 rings (SSSR count). The molecule has 1 aromatic heterocycles. The first-order valence-electron chi connectivity index (χ1n) is 5.60. The van der Waals surface area contributed by atoms with Crippen LogP contribution in [0.25, 0.3) is 0 Å². The van der Waals surface area contributed by atoms with Crippen molar-refractivity contribution in [1.82, 2.24) is 20.2 Å². The summed E-state index contributed by atoms with van der Waals surface area (Å²) in [5, 5.41) is 9.67. The van der Waals surface area contributed by atoms with Crippen LogP contribution in [0.5, 0.6) is 0 Å². The van der Waals surface area contributed by atoms with E-state index in [1.165, 1.54) is 0 Å². The minimum absolute atomic E-state index is 0.0854. The molecule has 0 unspecified atom stereocenters. The Kier molecular flexibility index (Phi) is 5.10. The lowest BCUT2D eigenvalue weighted by Gasteiger charge is -2.09. The number of hydrogen-bond donors (Lipinski definition) is 3. The molecule has 0 aliphatic carbocycles. The number of sulfonamides is 1. The fourth-order valence-electron chi connectivity index (χ4n) is 1.30. The first kappa shape index (κ1) is 14.1. The van der Waals surface area contributed by atoms with Gasteiger partial charge < -0.3 is 5.32 Å². The fourth-order valence-corrected chi connectivity index (χ4v) is 2.20. The number of nitrogens with zero attached hydrogens (tertiary/aromatic N) is 1. The molecule has 0 aliphatic heterocycles. The molecule has 1 heterocycles. The van der Waals surface area contributed by atoms with Gasteiger partial charge in [0.1, 0.15) is 0 Å². The van der Waals surface area contributed by atoms with Gasteiger partial charge in [0.2, 0.25) is 10.0 Å². The van der Waals surface area contributed by atoms with Crippen LogP contribution in [0.2, 0.25) is 0 Å². The number of H-pyrrole nitrogens is 1. The monoisotopic (exact) mass is 260 g/mol. The molecule has 0 saturated carbocycles. The van der Waals surface area contributed by atoms with Crippen LogP contribution in [0.3, 0.4) is 0 Å². The van der Waals surface area contributed by atoms with E-state index in [2.05, 4.69) is 20.2 Å². The Balaban J connectivity index is 2.37. The summed E-state index contributed by atoms with van der Waals surface area (Å²) in [6.07, 6.45) is 1.63. The quantitative estimate of drug-likeness (QED) is 0.650. The standard InChI is InChI=1S/C10H20N4O2S/c1-8(2)11-4-5-17(15,16)13-7-10-6-12-14-9(10)3/h6,8,11,13H,4-5,7H2,1-3H3,(H,12,14). The Bertz CT molecular complexity index is 439. The van der Waals surface area contributed by atoms with Gasteiger partial charge in [-0.2, -0.15) is 5.10 Å². The van der Waals surface area contributed by atoms with Gasteiger partial charge in [0.05, 0.1) is 11.9 Å². The second-order valence-corrected chi connectivity index (χ2v) is 6.20. The maximum absolute atomic E-state index is 11.6. The number of aromatic amines is 1. The molecule has 0 bridgehead atoms. The molecule has 98 valence electrons. The van der Waals surface area contributed by atoms with Crippen molar-refractivity contribution in [3.05, 3.63) is 17.5 Å². The summed E-state index contributed by atoms with van der Waals surface area (Å²) < 4.78 is 25.8. The molecule has 0 fully saturated rings. The molecule has 1 aromatic rings. The molecule has 3 N–H and O–H groups in total. The molecule has 17 heavy (non-hydrogen) atoms. The van der Waals surface area contributed by atoms with Gasteiger partial charge in [-0.25, -0.2) is 13.1 Å². The highest BCUT2D eigenvalue weighted by atomic mass is 32.2. The zero-order chi connectivity index (χ0) is 12.9. The van der Waals surface area contributed by atoms with E-state index in [1.807, 2.05) is 20.8 Å². The van der Waals surface area contributed by atoms with Crippen molar-refractivity contribution >= 4 is 10.0 Å². The number of hydrogen-bond acceptors (Lipinski definition) is 4. The molecule has 0 radical (unpaired) electrons. The minimum Gasteiger partial charge on any atom is -0.313 e. The van der Waals surface area contributed by atoms with E-state index >= 15 is 0 Å². The van der Waals surface area contributed by atoms with Crippen LogP contribution in [0.1, 0.15) is 25.1 Å². The first-order chi connectivity index (χ1) is 7.91. The van der Waals surface area contributed by atoms with Gasteiger partial charge in [-0.15, -0.1) is 0 Å². The summed E-state index contributed by atoms with van der Waals surface area (Å²) in [6.45, 7) is 6.56. The Hall–Kier alpha value is -0.920. The number of rotatable bonds is 7. The molecular weight excluding hydrogens is 240 g/mol. The zero-order valence-electron chi connectivity index (χ0n) is 10.4. The molecule has 0 amide bonds. The van der Waals surface area contributed by atoms with Gasteiger partial charge in [-0.05, 0) is 6.92 Å². The third-order valence-corrected chi connectivity index (χ3v) is 3.67. The van der Waals surface area contributed by atoms with E-state index in [0.29, 0.717) is 12.6 Å². The predicted molar refractivity (Wildman–Crippen MR) is 67.1 cm³/mol. The number of aromatic nitrogens is 2. The highest BCUT2D eigenvalue weighted by molar-refractivity contribution is 7.89. The molecular formula is C10H20N4O2S. The molecule has 0 atom stereocenters. The summed E-state index contributed by atoms with van der Waals surface area (Å²) in [5.74, 6) is 0.0854. The SMILES string of the molecule is Cc1[nH]ncc1CNS(=O)(=O)CCNC(C)C. The van der Waals surface area contributed by atoms with Crippen LogP contribution in [0.4, 0.5) is 0 Å². The summed E-state index contributed by atoms with van der Waals surface area (Å²) in [4.78, 5) is 0. The van der Waals surface area contributed by atoms with Crippen molar-refractivity contribution in [3.63, 3.8) is 0 Å².